The molecule has 0 radical (unpaired) electrons. The summed E-state index contributed by atoms with van der Waals surface area (Å²) in [6.07, 6.45) is 0. The van der Waals surface area contributed by atoms with Gasteiger partial charge in [0.15, 0.2) is 11.6 Å². The van der Waals surface area contributed by atoms with Crippen LogP contribution in [0, 0.1) is 25.5 Å². The Morgan fingerprint density at radius 3 is 2.21 bits per heavy atom. The van der Waals surface area contributed by atoms with Crippen LogP contribution in [0.1, 0.15) is 27.6 Å². The minimum atomic E-state index is -0.974. The monoisotopic (exact) mass is 300 g/mol. The van der Waals surface area contributed by atoms with Crippen molar-refractivity contribution < 1.29 is 8.78 Å². The van der Waals surface area contributed by atoms with Crippen LogP contribution < -0.4 is 0 Å². The first-order chi connectivity index (χ1) is 8.90. The second-order valence-corrected chi connectivity index (χ2v) is 5.34. The zero-order valence-corrected chi connectivity index (χ0v) is 12.0. The molecule has 0 aliphatic rings. The highest BCUT2D eigenvalue weighted by Gasteiger charge is 2.17. The zero-order chi connectivity index (χ0) is 14.2. The maximum atomic E-state index is 13.3. The first-order valence-electron chi connectivity index (χ1n) is 5.76. The number of halogens is 4. The summed E-state index contributed by atoms with van der Waals surface area (Å²) in [7, 11) is 0. The molecule has 0 saturated heterocycles. The molecule has 0 aliphatic carbocycles. The average molecular weight is 301 g/mol. The van der Waals surface area contributed by atoms with E-state index in [0.29, 0.717) is 5.56 Å². The van der Waals surface area contributed by atoms with E-state index in [4.69, 9.17) is 23.2 Å². The largest absolute Gasteiger partial charge is 0.204 e. The SMILES string of the molecule is Cc1ccc(C(Cl)c2cc(F)c(F)cc2Cl)cc1C. The molecule has 4 heteroatoms. The van der Waals surface area contributed by atoms with Gasteiger partial charge in [-0.3, -0.25) is 0 Å². The summed E-state index contributed by atoms with van der Waals surface area (Å²) in [5.41, 5.74) is 3.40. The number of alkyl halides is 1. The van der Waals surface area contributed by atoms with Crippen LogP contribution in [0.2, 0.25) is 5.02 Å². The van der Waals surface area contributed by atoms with Crippen molar-refractivity contribution in [1.82, 2.24) is 0 Å². The molecular formula is C15H12Cl2F2. The first kappa shape index (κ1) is 14.3. The van der Waals surface area contributed by atoms with Crippen molar-refractivity contribution in [3.8, 4) is 0 Å². The van der Waals surface area contributed by atoms with Gasteiger partial charge < -0.3 is 0 Å². The minimum Gasteiger partial charge on any atom is -0.204 e. The lowest BCUT2D eigenvalue weighted by atomic mass is 10.00. The van der Waals surface area contributed by atoms with E-state index in [-0.39, 0.29) is 5.02 Å². The second kappa shape index (κ2) is 5.48. The summed E-state index contributed by atoms with van der Waals surface area (Å²) in [5.74, 6) is -1.92. The molecule has 0 aliphatic heterocycles. The average Bonchev–Trinajstić information content (AvgIpc) is 2.36. The third kappa shape index (κ3) is 2.90. The van der Waals surface area contributed by atoms with Crippen molar-refractivity contribution in [1.29, 1.82) is 0 Å². The summed E-state index contributed by atoms with van der Waals surface area (Å²) >= 11 is 12.2. The molecular weight excluding hydrogens is 289 g/mol. The molecule has 0 fully saturated rings. The summed E-state index contributed by atoms with van der Waals surface area (Å²) in [6.45, 7) is 3.96. The van der Waals surface area contributed by atoms with Gasteiger partial charge in [-0.25, -0.2) is 8.78 Å². The van der Waals surface area contributed by atoms with Crippen molar-refractivity contribution in [3.63, 3.8) is 0 Å². The van der Waals surface area contributed by atoms with Crippen molar-refractivity contribution in [2.24, 2.45) is 0 Å². The predicted octanol–water partition coefficient (Wildman–Crippen LogP) is 5.56. The van der Waals surface area contributed by atoms with E-state index in [1.54, 1.807) is 0 Å². The molecule has 0 N–H and O–H groups in total. The Morgan fingerprint density at radius 1 is 0.947 bits per heavy atom. The van der Waals surface area contributed by atoms with Crippen molar-refractivity contribution in [2.45, 2.75) is 19.2 Å². The van der Waals surface area contributed by atoms with Gasteiger partial charge in [0, 0.05) is 5.02 Å². The van der Waals surface area contributed by atoms with E-state index in [1.165, 1.54) is 0 Å². The number of aryl methyl sites for hydroxylation is 2. The van der Waals surface area contributed by atoms with Gasteiger partial charge in [-0.05, 0) is 48.2 Å². The normalized spacial score (nSPS) is 12.5. The standard InChI is InChI=1S/C15H12Cl2F2/c1-8-3-4-10(5-9(8)2)15(17)11-6-13(18)14(19)7-12(11)16/h3-7,15H,1-2H3. The summed E-state index contributed by atoms with van der Waals surface area (Å²) < 4.78 is 26.3. The van der Waals surface area contributed by atoms with Gasteiger partial charge in [0.05, 0.1) is 5.38 Å². The van der Waals surface area contributed by atoms with Crippen LogP contribution in [0.15, 0.2) is 30.3 Å². The van der Waals surface area contributed by atoms with Crippen LogP contribution in [0.3, 0.4) is 0 Å². The summed E-state index contributed by atoms with van der Waals surface area (Å²) in [4.78, 5) is 0. The molecule has 0 amide bonds. The van der Waals surface area contributed by atoms with Crippen LogP contribution in [-0.4, -0.2) is 0 Å². The first-order valence-corrected chi connectivity index (χ1v) is 6.57. The summed E-state index contributed by atoms with van der Waals surface area (Å²) in [6, 6.07) is 7.71. The molecule has 0 saturated carbocycles. The predicted molar refractivity (Wildman–Crippen MR) is 75.0 cm³/mol. The number of rotatable bonds is 2. The van der Waals surface area contributed by atoms with E-state index in [9.17, 15) is 8.78 Å². The fourth-order valence-corrected chi connectivity index (χ4v) is 2.47. The highest BCUT2D eigenvalue weighted by molar-refractivity contribution is 6.33. The Labute approximate surface area is 121 Å². The molecule has 0 bridgehead atoms. The maximum Gasteiger partial charge on any atom is 0.160 e. The Balaban J connectivity index is 2.46. The number of hydrogen-bond donors (Lipinski definition) is 0. The van der Waals surface area contributed by atoms with Crippen LogP contribution in [0.25, 0.3) is 0 Å². The third-order valence-corrected chi connectivity index (χ3v) is 3.95. The second-order valence-electron chi connectivity index (χ2n) is 4.49. The van der Waals surface area contributed by atoms with E-state index in [2.05, 4.69) is 0 Å². The number of hydrogen-bond acceptors (Lipinski definition) is 0. The van der Waals surface area contributed by atoms with Crippen LogP contribution >= 0.6 is 23.2 Å². The molecule has 0 aromatic heterocycles. The molecule has 2 rings (SSSR count). The van der Waals surface area contributed by atoms with Crippen LogP contribution in [0.4, 0.5) is 8.78 Å². The quantitative estimate of drug-likeness (QED) is 0.503. The maximum absolute atomic E-state index is 13.3. The fourth-order valence-electron chi connectivity index (χ4n) is 1.83. The van der Waals surface area contributed by atoms with Crippen LogP contribution in [-0.2, 0) is 0 Å². The van der Waals surface area contributed by atoms with Gasteiger partial charge >= 0.3 is 0 Å². The molecule has 1 atom stereocenters. The Hall–Kier alpha value is -1.12. The van der Waals surface area contributed by atoms with Gasteiger partial charge in [-0.2, -0.15) is 0 Å². The molecule has 100 valence electrons. The molecule has 0 heterocycles. The van der Waals surface area contributed by atoms with Gasteiger partial charge in [0.25, 0.3) is 0 Å². The topological polar surface area (TPSA) is 0 Å². The van der Waals surface area contributed by atoms with Crippen molar-refractivity contribution in [2.75, 3.05) is 0 Å². The lowest BCUT2D eigenvalue weighted by Gasteiger charge is -2.14. The lowest BCUT2D eigenvalue weighted by Crippen LogP contribution is -1.98. The molecule has 0 nitrogen and oxygen atoms in total. The molecule has 19 heavy (non-hydrogen) atoms. The Bertz CT molecular complexity index is 624. The zero-order valence-electron chi connectivity index (χ0n) is 10.5. The summed E-state index contributed by atoms with van der Waals surface area (Å²) in [5, 5.41) is -0.487. The third-order valence-electron chi connectivity index (χ3n) is 3.14. The van der Waals surface area contributed by atoms with Crippen molar-refractivity contribution >= 4 is 23.2 Å². The number of benzene rings is 2. The van der Waals surface area contributed by atoms with Crippen molar-refractivity contribution in [3.05, 3.63) is 69.2 Å². The van der Waals surface area contributed by atoms with Gasteiger partial charge in [-0.1, -0.05) is 29.8 Å². The van der Waals surface area contributed by atoms with E-state index in [1.807, 2.05) is 32.0 Å². The minimum absolute atomic E-state index is 0.122. The molecule has 1 unspecified atom stereocenters. The van der Waals surface area contributed by atoms with E-state index < -0.39 is 17.0 Å². The van der Waals surface area contributed by atoms with Gasteiger partial charge in [0.2, 0.25) is 0 Å². The fraction of sp³-hybridized carbons (Fsp3) is 0.200. The molecule has 2 aromatic carbocycles. The van der Waals surface area contributed by atoms with E-state index in [0.717, 1.165) is 28.8 Å². The highest BCUT2D eigenvalue weighted by Crippen LogP contribution is 2.35. The van der Waals surface area contributed by atoms with E-state index >= 15 is 0 Å². The highest BCUT2D eigenvalue weighted by atomic mass is 35.5. The Kier molecular flexibility index (Phi) is 4.12. The van der Waals surface area contributed by atoms with Gasteiger partial charge in [-0.15, -0.1) is 11.6 Å². The van der Waals surface area contributed by atoms with Crippen LogP contribution in [0.5, 0.6) is 0 Å². The lowest BCUT2D eigenvalue weighted by molar-refractivity contribution is 0.507. The molecule has 2 aromatic rings. The Morgan fingerprint density at radius 2 is 1.58 bits per heavy atom. The molecule has 0 spiro atoms. The van der Waals surface area contributed by atoms with Gasteiger partial charge in [0.1, 0.15) is 0 Å². The smallest absolute Gasteiger partial charge is 0.160 e.